The number of nitrogens with one attached hydrogen (secondary N) is 1. The number of benzene rings is 1. The van der Waals surface area contributed by atoms with Gasteiger partial charge in [0.05, 0.1) is 30.5 Å². The molecule has 1 N–H and O–H groups in total. The van der Waals surface area contributed by atoms with Gasteiger partial charge in [-0.15, -0.1) is 0 Å². The summed E-state index contributed by atoms with van der Waals surface area (Å²) in [6.45, 7) is 4.34. The van der Waals surface area contributed by atoms with Gasteiger partial charge in [-0.05, 0) is 25.0 Å². The lowest BCUT2D eigenvalue weighted by atomic mass is 10.1. The summed E-state index contributed by atoms with van der Waals surface area (Å²) < 4.78 is 5.30. The van der Waals surface area contributed by atoms with Gasteiger partial charge in [0, 0.05) is 11.8 Å². The maximum atomic E-state index is 8.88. The number of thioether (sulfide) groups is 1. The van der Waals surface area contributed by atoms with E-state index in [2.05, 4.69) is 30.2 Å². The van der Waals surface area contributed by atoms with Crippen molar-refractivity contribution < 1.29 is 4.74 Å². The number of hydrogen-bond donors (Lipinski definition) is 1. The Bertz CT molecular complexity index is 536. The molecular formula is C14H17N3OS. The fourth-order valence-electron chi connectivity index (χ4n) is 1.75. The molecule has 0 amide bonds. The zero-order chi connectivity index (χ0) is 13.8. The molecule has 0 aromatic heterocycles. The van der Waals surface area contributed by atoms with Gasteiger partial charge >= 0.3 is 0 Å². The number of nitriles is 1. The summed E-state index contributed by atoms with van der Waals surface area (Å²) in [5, 5.41) is 13.1. The molecule has 1 aromatic carbocycles. The average Bonchev–Trinajstić information content (AvgIpc) is 2.43. The van der Waals surface area contributed by atoms with E-state index < -0.39 is 0 Å². The Morgan fingerprint density at radius 3 is 2.89 bits per heavy atom. The number of ether oxygens (including phenoxy) is 1. The summed E-state index contributed by atoms with van der Waals surface area (Å²) in [7, 11) is 1.60. The predicted octanol–water partition coefficient (Wildman–Crippen LogP) is 3.11. The Morgan fingerprint density at radius 1 is 1.47 bits per heavy atom. The molecule has 19 heavy (non-hydrogen) atoms. The Morgan fingerprint density at radius 2 is 2.26 bits per heavy atom. The maximum absolute atomic E-state index is 8.88. The number of hydrogen-bond acceptors (Lipinski definition) is 5. The third kappa shape index (κ3) is 3.21. The van der Waals surface area contributed by atoms with Crippen LogP contribution in [-0.2, 0) is 0 Å². The molecule has 2 rings (SSSR count). The molecule has 2 atom stereocenters. The van der Waals surface area contributed by atoms with Crippen LogP contribution in [0.25, 0.3) is 0 Å². The highest BCUT2D eigenvalue weighted by molar-refractivity contribution is 8.14. The largest absolute Gasteiger partial charge is 0.495 e. The molecular weight excluding hydrogens is 258 g/mol. The molecule has 100 valence electrons. The smallest absolute Gasteiger partial charge is 0.161 e. The van der Waals surface area contributed by atoms with E-state index in [9.17, 15) is 0 Å². The average molecular weight is 275 g/mol. The lowest BCUT2D eigenvalue weighted by molar-refractivity contribution is 0.417. The summed E-state index contributed by atoms with van der Waals surface area (Å²) in [6.07, 6.45) is 0. The lowest BCUT2D eigenvalue weighted by Crippen LogP contribution is -2.25. The fraction of sp³-hybridized carbons (Fsp3) is 0.429. The minimum atomic E-state index is 0.327. The quantitative estimate of drug-likeness (QED) is 0.901. The molecule has 0 bridgehead atoms. The highest BCUT2D eigenvalue weighted by Gasteiger charge is 2.19. The highest BCUT2D eigenvalue weighted by atomic mass is 32.2. The summed E-state index contributed by atoms with van der Waals surface area (Å²) in [5.74, 6) is 2.32. The van der Waals surface area contributed by atoms with Gasteiger partial charge in [0.15, 0.2) is 5.17 Å². The van der Waals surface area contributed by atoms with Gasteiger partial charge in [0.2, 0.25) is 0 Å². The van der Waals surface area contributed by atoms with Gasteiger partial charge in [-0.3, -0.25) is 4.99 Å². The maximum Gasteiger partial charge on any atom is 0.161 e. The van der Waals surface area contributed by atoms with Crippen molar-refractivity contribution in [3.05, 3.63) is 23.8 Å². The standard InChI is InChI=1S/C14H17N3OS/c1-9-8-19-14(16-10(9)2)17-12-5-4-11(7-15)6-13(12)18-3/h4-6,9-10H,8H2,1-3H3,(H,16,17). The van der Waals surface area contributed by atoms with E-state index in [-0.39, 0.29) is 0 Å². The topological polar surface area (TPSA) is 57.4 Å². The van der Waals surface area contributed by atoms with Crippen molar-refractivity contribution in [1.82, 2.24) is 0 Å². The van der Waals surface area contributed by atoms with Crippen molar-refractivity contribution in [3.8, 4) is 11.8 Å². The molecule has 4 nitrogen and oxygen atoms in total. The van der Waals surface area contributed by atoms with E-state index in [0.717, 1.165) is 16.6 Å². The SMILES string of the molecule is COc1cc(C#N)ccc1NC1=NC(C)C(C)CS1. The van der Waals surface area contributed by atoms with Gasteiger partial charge < -0.3 is 10.1 Å². The van der Waals surface area contributed by atoms with E-state index in [4.69, 9.17) is 10.00 Å². The second-order valence-electron chi connectivity index (χ2n) is 4.62. The second kappa shape index (κ2) is 5.98. The Hall–Kier alpha value is -1.67. The Balaban J connectivity index is 2.20. The summed E-state index contributed by atoms with van der Waals surface area (Å²) in [6, 6.07) is 7.77. The lowest BCUT2D eigenvalue weighted by Gasteiger charge is -2.24. The van der Waals surface area contributed by atoms with Gasteiger partial charge in [0.1, 0.15) is 5.75 Å². The molecule has 0 saturated carbocycles. The van der Waals surface area contributed by atoms with Crippen molar-refractivity contribution in [2.75, 3.05) is 18.2 Å². The molecule has 0 fully saturated rings. The van der Waals surface area contributed by atoms with Gasteiger partial charge in [0.25, 0.3) is 0 Å². The van der Waals surface area contributed by atoms with Gasteiger partial charge in [-0.25, -0.2) is 0 Å². The number of anilines is 1. The van der Waals surface area contributed by atoms with E-state index in [1.165, 1.54) is 0 Å². The Kier molecular flexibility index (Phi) is 4.33. The number of aliphatic imine (C=N–C) groups is 1. The zero-order valence-electron chi connectivity index (χ0n) is 11.3. The first-order chi connectivity index (χ1) is 9.13. The van der Waals surface area contributed by atoms with Crippen molar-refractivity contribution in [3.63, 3.8) is 0 Å². The summed E-state index contributed by atoms with van der Waals surface area (Å²) >= 11 is 1.72. The van der Waals surface area contributed by atoms with Crippen LogP contribution in [0.15, 0.2) is 23.2 Å². The van der Waals surface area contributed by atoms with E-state index in [1.807, 2.05) is 6.07 Å². The van der Waals surface area contributed by atoms with Crippen LogP contribution in [0, 0.1) is 17.2 Å². The van der Waals surface area contributed by atoms with Crippen LogP contribution in [-0.4, -0.2) is 24.1 Å². The first kappa shape index (κ1) is 13.8. The molecule has 1 aliphatic heterocycles. The molecule has 2 unspecified atom stereocenters. The number of rotatable bonds is 2. The molecule has 1 aliphatic rings. The van der Waals surface area contributed by atoms with Crippen LogP contribution in [0.2, 0.25) is 0 Å². The molecule has 5 heteroatoms. The Labute approximate surface area is 117 Å². The molecule has 0 aliphatic carbocycles. The highest BCUT2D eigenvalue weighted by Crippen LogP contribution is 2.29. The molecule has 1 heterocycles. The summed E-state index contributed by atoms with van der Waals surface area (Å²) in [4.78, 5) is 4.62. The van der Waals surface area contributed by atoms with Crippen LogP contribution < -0.4 is 10.1 Å². The monoisotopic (exact) mass is 275 g/mol. The molecule has 1 aromatic rings. The van der Waals surface area contributed by atoms with Crippen LogP contribution in [0.5, 0.6) is 5.75 Å². The number of nitrogens with zero attached hydrogens (tertiary/aromatic N) is 2. The van der Waals surface area contributed by atoms with Gasteiger partial charge in [-0.2, -0.15) is 5.26 Å². The predicted molar refractivity (Wildman–Crippen MR) is 79.9 cm³/mol. The minimum Gasteiger partial charge on any atom is -0.495 e. The first-order valence-corrected chi connectivity index (χ1v) is 7.18. The molecule has 0 spiro atoms. The first-order valence-electron chi connectivity index (χ1n) is 6.19. The zero-order valence-corrected chi connectivity index (χ0v) is 12.1. The van der Waals surface area contributed by atoms with Crippen molar-refractivity contribution >= 4 is 22.6 Å². The van der Waals surface area contributed by atoms with Crippen LogP contribution in [0.3, 0.4) is 0 Å². The fourth-order valence-corrected chi connectivity index (χ4v) is 2.87. The van der Waals surface area contributed by atoms with Crippen LogP contribution in [0.1, 0.15) is 19.4 Å². The van der Waals surface area contributed by atoms with E-state index in [0.29, 0.717) is 23.3 Å². The third-order valence-corrected chi connectivity index (χ3v) is 4.37. The molecule has 0 saturated heterocycles. The van der Waals surface area contributed by atoms with Gasteiger partial charge in [-0.1, -0.05) is 18.7 Å². The van der Waals surface area contributed by atoms with E-state index >= 15 is 0 Å². The number of methoxy groups -OCH3 is 1. The van der Waals surface area contributed by atoms with Crippen LogP contribution >= 0.6 is 11.8 Å². The van der Waals surface area contributed by atoms with Crippen molar-refractivity contribution in [2.24, 2.45) is 10.9 Å². The second-order valence-corrected chi connectivity index (χ2v) is 5.62. The normalized spacial score (nSPS) is 22.3. The van der Waals surface area contributed by atoms with Crippen molar-refractivity contribution in [2.45, 2.75) is 19.9 Å². The molecule has 0 radical (unpaired) electrons. The van der Waals surface area contributed by atoms with Crippen molar-refractivity contribution in [1.29, 1.82) is 5.26 Å². The van der Waals surface area contributed by atoms with Crippen LogP contribution in [0.4, 0.5) is 5.69 Å². The summed E-state index contributed by atoms with van der Waals surface area (Å²) in [5.41, 5.74) is 1.43. The third-order valence-electron chi connectivity index (χ3n) is 3.20. The minimum absolute atomic E-state index is 0.327. The van der Waals surface area contributed by atoms with E-state index in [1.54, 1.807) is 31.0 Å². The number of amidine groups is 1.